The molecule has 0 atom stereocenters. The third-order valence-electron chi connectivity index (χ3n) is 3.54. The number of benzene rings is 1. The average Bonchev–Trinajstić information content (AvgIpc) is 3.19. The molecule has 0 radical (unpaired) electrons. The van der Waals surface area contributed by atoms with Crippen LogP contribution < -0.4 is 10.5 Å². The summed E-state index contributed by atoms with van der Waals surface area (Å²) < 4.78 is 31.9. The molecule has 0 aliphatic heterocycles. The maximum atomic E-state index is 12.4. The molecule has 118 valence electrons. The van der Waals surface area contributed by atoms with Crippen LogP contribution in [0.3, 0.4) is 0 Å². The average molecular weight is 312 g/mol. The highest BCUT2D eigenvalue weighted by Gasteiger charge is 2.32. The fraction of sp³-hybridized carbons (Fsp3) is 0.600. The zero-order valence-corrected chi connectivity index (χ0v) is 13.5. The van der Waals surface area contributed by atoms with Gasteiger partial charge >= 0.3 is 0 Å². The molecule has 0 unspecified atom stereocenters. The lowest BCUT2D eigenvalue weighted by Crippen LogP contribution is -2.41. The van der Waals surface area contributed by atoms with Crippen LogP contribution in [0.2, 0.25) is 0 Å². The summed E-state index contributed by atoms with van der Waals surface area (Å²) in [6.07, 6.45) is 2.27. The molecule has 1 aromatic rings. The van der Waals surface area contributed by atoms with Crippen LogP contribution in [-0.4, -0.2) is 37.7 Å². The number of nitrogens with zero attached hydrogens (tertiary/aromatic N) is 1. The Morgan fingerprint density at radius 3 is 2.67 bits per heavy atom. The third kappa shape index (κ3) is 4.89. The first-order valence-electron chi connectivity index (χ1n) is 7.36. The van der Waals surface area contributed by atoms with Crippen LogP contribution >= 0.6 is 0 Å². The van der Waals surface area contributed by atoms with Gasteiger partial charge in [0.1, 0.15) is 12.4 Å². The quantitative estimate of drug-likeness (QED) is 0.746. The number of ether oxygens (including phenoxy) is 1. The molecule has 0 heterocycles. The van der Waals surface area contributed by atoms with Crippen molar-refractivity contribution in [1.29, 1.82) is 0 Å². The van der Waals surface area contributed by atoms with E-state index in [0.29, 0.717) is 23.9 Å². The standard InChI is InChI=1S/C15H24N2O3S/c1-12(2)17(11-13-6-7-13)21(18,19)9-8-20-15-5-3-4-14(16)10-15/h3-5,10,12-13H,6-9,11,16H2,1-2H3. The highest BCUT2D eigenvalue weighted by atomic mass is 32.2. The highest BCUT2D eigenvalue weighted by molar-refractivity contribution is 7.89. The monoisotopic (exact) mass is 312 g/mol. The van der Waals surface area contributed by atoms with E-state index in [4.69, 9.17) is 10.5 Å². The van der Waals surface area contributed by atoms with Gasteiger partial charge in [0.2, 0.25) is 10.0 Å². The summed E-state index contributed by atoms with van der Waals surface area (Å²) in [5.41, 5.74) is 6.26. The molecule has 2 rings (SSSR count). The second kappa shape index (κ2) is 6.66. The van der Waals surface area contributed by atoms with Crippen molar-refractivity contribution in [2.45, 2.75) is 32.7 Å². The van der Waals surface area contributed by atoms with Gasteiger partial charge in [-0.2, -0.15) is 4.31 Å². The van der Waals surface area contributed by atoms with E-state index in [9.17, 15) is 8.42 Å². The van der Waals surface area contributed by atoms with Crippen molar-refractivity contribution in [2.75, 3.05) is 24.6 Å². The summed E-state index contributed by atoms with van der Waals surface area (Å²) >= 11 is 0. The Kier molecular flexibility index (Phi) is 5.11. The molecule has 21 heavy (non-hydrogen) atoms. The van der Waals surface area contributed by atoms with Gasteiger partial charge in [-0.05, 0) is 44.7 Å². The predicted octanol–water partition coefficient (Wildman–Crippen LogP) is 2.10. The molecule has 0 spiro atoms. The van der Waals surface area contributed by atoms with Crippen molar-refractivity contribution in [3.63, 3.8) is 0 Å². The van der Waals surface area contributed by atoms with Crippen molar-refractivity contribution >= 4 is 15.7 Å². The van der Waals surface area contributed by atoms with Crippen LogP contribution in [0.5, 0.6) is 5.75 Å². The van der Waals surface area contributed by atoms with Gasteiger partial charge in [0.15, 0.2) is 0 Å². The number of rotatable bonds is 8. The van der Waals surface area contributed by atoms with Crippen molar-refractivity contribution in [2.24, 2.45) is 5.92 Å². The minimum Gasteiger partial charge on any atom is -0.492 e. The van der Waals surface area contributed by atoms with E-state index in [1.165, 1.54) is 0 Å². The van der Waals surface area contributed by atoms with Crippen LogP contribution in [0.15, 0.2) is 24.3 Å². The number of hydrogen-bond donors (Lipinski definition) is 1. The number of sulfonamides is 1. The third-order valence-corrected chi connectivity index (χ3v) is 5.50. The summed E-state index contributed by atoms with van der Waals surface area (Å²) in [6, 6.07) is 7.00. The molecular formula is C15H24N2O3S. The van der Waals surface area contributed by atoms with Gasteiger partial charge in [-0.3, -0.25) is 0 Å². The van der Waals surface area contributed by atoms with Gasteiger partial charge in [0.25, 0.3) is 0 Å². The maximum absolute atomic E-state index is 12.4. The molecule has 0 amide bonds. The van der Waals surface area contributed by atoms with Crippen LogP contribution in [0, 0.1) is 5.92 Å². The van der Waals surface area contributed by atoms with Crippen molar-refractivity contribution in [3.8, 4) is 5.75 Å². The number of anilines is 1. The molecule has 1 aliphatic carbocycles. The SMILES string of the molecule is CC(C)N(CC1CC1)S(=O)(=O)CCOc1cccc(N)c1. The Morgan fingerprint density at radius 2 is 2.10 bits per heavy atom. The zero-order valence-electron chi connectivity index (χ0n) is 12.7. The lowest BCUT2D eigenvalue weighted by Gasteiger charge is -2.25. The Hall–Kier alpha value is -1.27. The van der Waals surface area contributed by atoms with E-state index in [1.54, 1.807) is 28.6 Å². The largest absolute Gasteiger partial charge is 0.492 e. The molecule has 1 aromatic carbocycles. The summed E-state index contributed by atoms with van der Waals surface area (Å²) in [5.74, 6) is 1.13. The summed E-state index contributed by atoms with van der Waals surface area (Å²) in [5, 5.41) is 0. The summed E-state index contributed by atoms with van der Waals surface area (Å²) in [6.45, 7) is 4.61. The molecule has 0 aromatic heterocycles. The number of nitrogen functional groups attached to an aromatic ring is 1. The van der Waals surface area contributed by atoms with Gasteiger partial charge in [-0.15, -0.1) is 0 Å². The van der Waals surface area contributed by atoms with Crippen LogP contribution in [0.4, 0.5) is 5.69 Å². The summed E-state index contributed by atoms with van der Waals surface area (Å²) in [4.78, 5) is 0. The maximum Gasteiger partial charge on any atom is 0.217 e. The molecule has 0 saturated heterocycles. The Bertz CT molecular complexity index is 568. The van der Waals surface area contributed by atoms with E-state index in [0.717, 1.165) is 12.8 Å². The van der Waals surface area contributed by atoms with E-state index in [2.05, 4.69) is 0 Å². The zero-order chi connectivity index (χ0) is 15.5. The van der Waals surface area contributed by atoms with Gasteiger partial charge < -0.3 is 10.5 Å². The highest BCUT2D eigenvalue weighted by Crippen LogP contribution is 2.31. The first-order chi connectivity index (χ1) is 9.88. The first-order valence-corrected chi connectivity index (χ1v) is 8.97. The van der Waals surface area contributed by atoms with E-state index in [1.807, 2.05) is 13.8 Å². The lowest BCUT2D eigenvalue weighted by molar-refractivity contribution is 0.318. The molecule has 1 fully saturated rings. The first kappa shape index (κ1) is 16.1. The molecular weight excluding hydrogens is 288 g/mol. The second-order valence-corrected chi connectivity index (χ2v) is 7.88. The Morgan fingerprint density at radius 1 is 1.38 bits per heavy atom. The van der Waals surface area contributed by atoms with E-state index in [-0.39, 0.29) is 18.4 Å². The molecule has 2 N–H and O–H groups in total. The Labute approximate surface area is 127 Å². The smallest absolute Gasteiger partial charge is 0.217 e. The van der Waals surface area contributed by atoms with Gasteiger partial charge in [-0.25, -0.2) is 8.42 Å². The number of hydrogen-bond acceptors (Lipinski definition) is 4. The van der Waals surface area contributed by atoms with Gasteiger partial charge in [-0.1, -0.05) is 6.07 Å². The predicted molar refractivity (Wildman–Crippen MR) is 84.7 cm³/mol. The normalized spacial score (nSPS) is 15.6. The molecule has 6 heteroatoms. The molecule has 1 saturated carbocycles. The number of nitrogens with two attached hydrogens (primary N) is 1. The van der Waals surface area contributed by atoms with E-state index < -0.39 is 10.0 Å². The van der Waals surface area contributed by atoms with Crippen LogP contribution in [-0.2, 0) is 10.0 Å². The molecule has 0 bridgehead atoms. The lowest BCUT2D eigenvalue weighted by atomic mass is 10.3. The molecule has 1 aliphatic rings. The van der Waals surface area contributed by atoms with Crippen molar-refractivity contribution in [1.82, 2.24) is 4.31 Å². The van der Waals surface area contributed by atoms with Crippen LogP contribution in [0.1, 0.15) is 26.7 Å². The fourth-order valence-electron chi connectivity index (χ4n) is 2.19. The summed E-state index contributed by atoms with van der Waals surface area (Å²) in [7, 11) is -3.28. The van der Waals surface area contributed by atoms with E-state index >= 15 is 0 Å². The minimum atomic E-state index is -3.28. The van der Waals surface area contributed by atoms with Crippen molar-refractivity contribution < 1.29 is 13.2 Å². The van der Waals surface area contributed by atoms with Gasteiger partial charge in [0, 0.05) is 24.3 Å². The molecule has 5 nitrogen and oxygen atoms in total. The minimum absolute atomic E-state index is 0.00724. The second-order valence-electron chi connectivity index (χ2n) is 5.84. The Balaban J connectivity index is 1.90. The van der Waals surface area contributed by atoms with Crippen molar-refractivity contribution in [3.05, 3.63) is 24.3 Å². The van der Waals surface area contributed by atoms with Crippen LogP contribution in [0.25, 0.3) is 0 Å². The topological polar surface area (TPSA) is 72.6 Å². The fourth-order valence-corrected chi connectivity index (χ4v) is 3.80. The van der Waals surface area contributed by atoms with Gasteiger partial charge in [0.05, 0.1) is 5.75 Å².